The minimum absolute atomic E-state index is 0.156. The lowest BCUT2D eigenvalue weighted by molar-refractivity contribution is 0.0620. The highest BCUT2D eigenvalue weighted by molar-refractivity contribution is 6.61. The normalized spacial score (nSPS) is 18.9. The molecule has 0 aliphatic carbocycles. The van der Waals surface area contributed by atoms with E-state index >= 15 is 0 Å². The maximum Gasteiger partial charge on any atom is 0.493 e. The van der Waals surface area contributed by atoms with Crippen molar-refractivity contribution in [2.24, 2.45) is 5.84 Å². The molecule has 0 bridgehead atoms. The fourth-order valence-corrected chi connectivity index (χ4v) is 1.48. The minimum Gasteiger partial charge on any atom is -0.423 e. The molecule has 0 radical (unpaired) electrons. The number of amides is 1. The molecular weight excluding hydrogens is 202 g/mol. The number of rotatable bonds is 1. The number of hydrogen-bond acceptors (Lipinski definition) is 4. The van der Waals surface area contributed by atoms with Gasteiger partial charge in [0.2, 0.25) is 6.36 Å². The molecule has 1 unspecified atom stereocenters. The van der Waals surface area contributed by atoms with Crippen molar-refractivity contribution in [1.82, 2.24) is 5.43 Å². The number of hydrogen-bond donors (Lipinski definition) is 3. The number of nitrogens with two attached hydrogens (primary N) is 1. The van der Waals surface area contributed by atoms with Crippen molar-refractivity contribution in [1.29, 1.82) is 0 Å². The second-order valence-corrected chi connectivity index (χ2v) is 3.12. The Morgan fingerprint density at radius 3 is 3.07 bits per heavy atom. The molecule has 78 valence electrons. The number of nitrogens with one attached hydrogen (secondary N) is 1. The minimum atomic E-state index is -1.71. The Morgan fingerprint density at radius 2 is 2.40 bits per heavy atom. The zero-order chi connectivity index (χ0) is 11.0. The summed E-state index contributed by atoms with van der Waals surface area (Å²) >= 11 is 0. The van der Waals surface area contributed by atoms with Crippen molar-refractivity contribution in [3.05, 3.63) is 29.3 Å². The molecule has 1 amide bonds. The maximum absolute atomic E-state index is 13.2. The van der Waals surface area contributed by atoms with E-state index in [0.717, 1.165) is 0 Å². The average Bonchev–Trinajstić information content (AvgIpc) is 2.53. The predicted octanol–water partition coefficient (Wildman–Crippen LogP) is -1.02. The third kappa shape index (κ3) is 1.60. The van der Waals surface area contributed by atoms with Crippen LogP contribution in [0.5, 0.6) is 0 Å². The maximum atomic E-state index is 13.2. The first-order chi connectivity index (χ1) is 7.13. The molecule has 2 rings (SSSR count). The topological polar surface area (TPSA) is 84.6 Å². The highest BCUT2D eigenvalue weighted by Gasteiger charge is 2.35. The number of carbonyl (C=O) groups is 1. The first kappa shape index (κ1) is 10.1. The molecule has 0 spiro atoms. The molecule has 0 fully saturated rings. The van der Waals surface area contributed by atoms with Gasteiger partial charge in [0.25, 0.3) is 5.91 Å². The molecule has 0 saturated carbocycles. The molecular formula is C8H8BFN2O3. The van der Waals surface area contributed by atoms with Crippen LogP contribution >= 0.6 is 0 Å². The van der Waals surface area contributed by atoms with Crippen LogP contribution in [0.15, 0.2) is 18.2 Å². The molecule has 0 saturated heterocycles. The van der Waals surface area contributed by atoms with Gasteiger partial charge in [-0.15, -0.1) is 0 Å². The van der Waals surface area contributed by atoms with Crippen molar-refractivity contribution in [2.75, 3.05) is 0 Å². The van der Waals surface area contributed by atoms with Crippen molar-refractivity contribution in [3.8, 4) is 0 Å². The van der Waals surface area contributed by atoms with Gasteiger partial charge in [0.05, 0.1) is 0 Å². The lowest BCUT2D eigenvalue weighted by Crippen LogP contribution is -2.31. The van der Waals surface area contributed by atoms with Crippen LogP contribution in [-0.4, -0.2) is 18.0 Å². The van der Waals surface area contributed by atoms with Crippen molar-refractivity contribution in [2.45, 2.75) is 6.36 Å². The van der Waals surface area contributed by atoms with E-state index in [9.17, 15) is 14.2 Å². The molecule has 7 heteroatoms. The van der Waals surface area contributed by atoms with Gasteiger partial charge < -0.3 is 9.68 Å². The zero-order valence-corrected chi connectivity index (χ0v) is 7.61. The highest BCUT2D eigenvalue weighted by atomic mass is 19.1. The Balaban J connectivity index is 2.42. The Kier molecular flexibility index (Phi) is 2.43. The van der Waals surface area contributed by atoms with Gasteiger partial charge in [0, 0.05) is 11.1 Å². The summed E-state index contributed by atoms with van der Waals surface area (Å²) in [4.78, 5) is 11.1. The Morgan fingerprint density at radius 1 is 1.67 bits per heavy atom. The Hall–Kier alpha value is -1.44. The molecule has 15 heavy (non-hydrogen) atoms. The van der Waals surface area contributed by atoms with Gasteiger partial charge >= 0.3 is 7.12 Å². The SMILES string of the molecule is NNC(=O)c1ccc2c(c1)C(F)OB2O. The lowest BCUT2D eigenvalue weighted by atomic mass is 9.79. The fraction of sp³-hybridized carbons (Fsp3) is 0.125. The summed E-state index contributed by atoms with van der Waals surface area (Å²) < 4.78 is 17.7. The first-order valence-corrected chi connectivity index (χ1v) is 4.26. The van der Waals surface area contributed by atoms with Gasteiger partial charge in [-0.1, -0.05) is 6.07 Å². The van der Waals surface area contributed by atoms with Gasteiger partial charge in [-0.25, -0.2) is 10.2 Å². The third-order valence-corrected chi connectivity index (χ3v) is 2.24. The number of hydrazine groups is 1. The van der Waals surface area contributed by atoms with Gasteiger partial charge in [-0.05, 0) is 17.6 Å². The van der Waals surface area contributed by atoms with Crippen LogP contribution in [0, 0.1) is 0 Å². The van der Waals surface area contributed by atoms with E-state index in [1.807, 2.05) is 5.43 Å². The summed E-state index contributed by atoms with van der Waals surface area (Å²) in [7, 11) is -1.27. The average molecular weight is 210 g/mol. The van der Waals surface area contributed by atoms with Crippen LogP contribution in [0.25, 0.3) is 0 Å². The summed E-state index contributed by atoms with van der Waals surface area (Å²) in [5.41, 5.74) is 2.64. The molecule has 1 aromatic rings. The Bertz CT molecular complexity index is 415. The summed E-state index contributed by atoms with van der Waals surface area (Å²) in [5.74, 6) is 4.42. The van der Waals surface area contributed by atoms with Crippen molar-refractivity contribution < 1.29 is 18.9 Å². The summed E-state index contributed by atoms with van der Waals surface area (Å²) in [6.07, 6.45) is -1.71. The number of fused-ring (bicyclic) bond motifs is 1. The molecule has 1 atom stereocenters. The smallest absolute Gasteiger partial charge is 0.423 e. The van der Waals surface area contributed by atoms with E-state index < -0.39 is 19.4 Å². The van der Waals surface area contributed by atoms with Gasteiger partial charge in [-0.3, -0.25) is 10.2 Å². The number of nitrogen functional groups attached to an aromatic ring is 1. The molecule has 1 aromatic carbocycles. The molecule has 1 aliphatic heterocycles. The molecule has 0 aromatic heterocycles. The van der Waals surface area contributed by atoms with Crippen LogP contribution in [0.1, 0.15) is 22.3 Å². The first-order valence-electron chi connectivity index (χ1n) is 4.26. The van der Waals surface area contributed by atoms with Gasteiger partial charge in [0.15, 0.2) is 0 Å². The summed E-state index contributed by atoms with van der Waals surface area (Å²) in [6, 6.07) is 4.17. The second-order valence-electron chi connectivity index (χ2n) is 3.12. The molecule has 4 N–H and O–H groups in total. The predicted molar refractivity (Wildman–Crippen MR) is 50.6 cm³/mol. The summed E-state index contributed by atoms with van der Waals surface area (Å²) in [6.45, 7) is 0. The van der Waals surface area contributed by atoms with E-state index in [1.165, 1.54) is 18.2 Å². The van der Waals surface area contributed by atoms with Gasteiger partial charge in [0.1, 0.15) is 0 Å². The van der Waals surface area contributed by atoms with Crippen LogP contribution in [0.2, 0.25) is 0 Å². The Labute approximate surface area is 85.1 Å². The van der Waals surface area contributed by atoms with E-state index in [4.69, 9.17) is 5.84 Å². The van der Waals surface area contributed by atoms with Gasteiger partial charge in [-0.2, -0.15) is 0 Å². The molecule has 5 nitrogen and oxygen atoms in total. The number of halogens is 1. The highest BCUT2D eigenvalue weighted by Crippen LogP contribution is 2.25. The van der Waals surface area contributed by atoms with E-state index in [-0.39, 0.29) is 11.1 Å². The fourth-order valence-electron chi connectivity index (χ4n) is 1.48. The van der Waals surface area contributed by atoms with Crippen LogP contribution in [0.4, 0.5) is 4.39 Å². The van der Waals surface area contributed by atoms with Crippen molar-refractivity contribution >= 4 is 18.5 Å². The second kappa shape index (κ2) is 3.61. The van der Waals surface area contributed by atoms with Crippen LogP contribution < -0.4 is 16.7 Å². The standard InChI is InChI=1S/C8H8BFN2O3/c10-7-5-3-4(8(13)12-11)1-2-6(5)9(14)15-7/h1-3,7,14H,11H2,(H,12,13). The number of alkyl halides is 1. The van der Waals surface area contributed by atoms with Crippen LogP contribution in [0.3, 0.4) is 0 Å². The van der Waals surface area contributed by atoms with Crippen molar-refractivity contribution in [3.63, 3.8) is 0 Å². The van der Waals surface area contributed by atoms with E-state index in [0.29, 0.717) is 5.46 Å². The largest absolute Gasteiger partial charge is 0.493 e. The number of carbonyl (C=O) groups excluding carboxylic acids is 1. The molecule has 1 heterocycles. The zero-order valence-electron chi connectivity index (χ0n) is 7.61. The monoisotopic (exact) mass is 210 g/mol. The lowest BCUT2D eigenvalue weighted by Gasteiger charge is -2.03. The summed E-state index contributed by atoms with van der Waals surface area (Å²) in [5, 5.41) is 9.25. The van der Waals surface area contributed by atoms with E-state index in [2.05, 4.69) is 4.65 Å². The number of benzene rings is 1. The van der Waals surface area contributed by atoms with Crippen LogP contribution in [-0.2, 0) is 4.65 Å². The quantitative estimate of drug-likeness (QED) is 0.239. The molecule has 1 aliphatic rings. The van der Waals surface area contributed by atoms with E-state index in [1.54, 1.807) is 0 Å². The third-order valence-electron chi connectivity index (χ3n) is 2.24.